The van der Waals surface area contributed by atoms with Crippen LogP contribution in [0.1, 0.15) is 19.4 Å². The molecule has 22 heavy (non-hydrogen) atoms. The van der Waals surface area contributed by atoms with Gasteiger partial charge in [-0.05, 0) is 30.7 Å². The minimum Gasteiger partial charge on any atom is -0.402 e. The zero-order chi connectivity index (χ0) is 15.7. The Kier molecular flexibility index (Phi) is 3.47. The van der Waals surface area contributed by atoms with E-state index >= 15 is 0 Å². The van der Waals surface area contributed by atoms with Gasteiger partial charge in [0.25, 0.3) is 0 Å². The third-order valence-electron chi connectivity index (χ3n) is 3.39. The van der Waals surface area contributed by atoms with Crippen molar-refractivity contribution in [2.45, 2.75) is 13.8 Å². The Bertz CT molecular complexity index is 770. The van der Waals surface area contributed by atoms with Crippen LogP contribution in [0.5, 0.6) is 0 Å². The number of ether oxygens (including phenoxy) is 1. The molecule has 0 atom stereocenters. The molecule has 0 N–H and O–H groups in total. The second-order valence-electron chi connectivity index (χ2n) is 4.99. The van der Waals surface area contributed by atoms with E-state index in [-0.39, 0.29) is 11.6 Å². The number of benzene rings is 1. The first-order chi connectivity index (χ1) is 10.6. The van der Waals surface area contributed by atoms with Crippen LogP contribution in [0, 0.1) is 0 Å². The molecule has 0 saturated heterocycles. The first kappa shape index (κ1) is 14.0. The van der Waals surface area contributed by atoms with Gasteiger partial charge in [0, 0.05) is 30.5 Å². The van der Waals surface area contributed by atoms with Crippen molar-refractivity contribution in [3.63, 3.8) is 0 Å². The maximum absolute atomic E-state index is 12.1. The van der Waals surface area contributed by atoms with Crippen LogP contribution in [0.4, 0.5) is 0 Å². The summed E-state index contributed by atoms with van der Waals surface area (Å²) in [6.45, 7) is 3.30. The predicted molar refractivity (Wildman–Crippen MR) is 81.5 cm³/mol. The van der Waals surface area contributed by atoms with E-state index in [0.717, 1.165) is 11.1 Å². The molecular formula is C17H14N2O3. The summed E-state index contributed by atoms with van der Waals surface area (Å²) in [7, 11) is 0. The number of amides is 1. The highest BCUT2D eigenvalue weighted by atomic mass is 16.6. The molecule has 1 aromatic carbocycles. The van der Waals surface area contributed by atoms with Gasteiger partial charge < -0.3 is 4.74 Å². The average molecular weight is 294 g/mol. The molecule has 0 aromatic heterocycles. The van der Waals surface area contributed by atoms with Crippen molar-refractivity contribution < 1.29 is 14.3 Å². The van der Waals surface area contributed by atoms with Gasteiger partial charge in [0.2, 0.25) is 11.8 Å². The van der Waals surface area contributed by atoms with Gasteiger partial charge >= 0.3 is 5.97 Å². The maximum atomic E-state index is 12.1. The first-order valence-corrected chi connectivity index (χ1v) is 6.83. The highest BCUT2D eigenvalue weighted by molar-refractivity contribution is 6.11. The van der Waals surface area contributed by atoms with Crippen LogP contribution in [0.15, 0.2) is 70.6 Å². The lowest BCUT2D eigenvalue weighted by Gasteiger charge is -2.18. The summed E-state index contributed by atoms with van der Waals surface area (Å²) in [5, 5.41) is 0. The number of cyclic esters (lactones) is 1. The molecule has 3 rings (SSSR count). The van der Waals surface area contributed by atoms with E-state index in [4.69, 9.17) is 4.74 Å². The lowest BCUT2D eigenvalue weighted by atomic mass is 10.0. The third-order valence-corrected chi connectivity index (χ3v) is 3.39. The normalized spacial score (nSPS) is 20.6. The van der Waals surface area contributed by atoms with Crippen LogP contribution < -0.4 is 0 Å². The van der Waals surface area contributed by atoms with Gasteiger partial charge in [0.15, 0.2) is 5.70 Å². The molecule has 1 aromatic rings. The van der Waals surface area contributed by atoms with E-state index in [1.54, 1.807) is 18.5 Å². The van der Waals surface area contributed by atoms with Crippen LogP contribution in [0.25, 0.3) is 0 Å². The molecule has 0 unspecified atom stereocenters. The number of allylic oxidation sites excluding steroid dienone is 3. The molecule has 0 bridgehead atoms. The standard InChI is InChI=1S/C17H14N2O3/c1-11-10-19(12(2)20)9-8-14(11)15-17(21)22-16(18-15)13-6-4-3-5-7-13/h3-10H,1-2H3/b15-14-. The van der Waals surface area contributed by atoms with E-state index in [0.29, 0.717) is 11.5 Å². The van der Waals surface area contributed by atoms with Crippen molar-refractivity contribution in [1.29, 1.82) is 0 Å². The number of hydrogen-bond donors (Lipinski definition) is 0. The quantitative estimate of drug-likeness (QED) is 0.590. The highest BCUT2D eigenvalue weighted by Crippen LogP contribution is 2.27. The van der Waals surface area contributed by atoms with Crippen LogP contribution >= 0.6 is 0 Å². The second kappa shape index (κ2) is 5.44. The van der Waals surface area contributed by atoms with Crippen molar-refractivity contribution >= 4 is 17.8 Å². The maximum Gasteiger partial charge on any atom is 0.364 e. The van der Waals surface area contributed by atoms with E-state index < -0.39 is 5.97 Å². The average Bonchev–Trinajstić information content (AvgIpc) is 2.90. The van der Waals surface area contributed by atoms with Gasteiger partial charge in [-0.2, -0.15) is 0 Å². The van der Waals surface area contributed by atoms with Crippen molar-refractivity contribution in [3.05, 3.63) is 71.2 Å². The Morgan fingerprint density at radius 3 is 2.59 bits per heavy atom. The topological polar surface area (TPSA) is 59.0 Å². The number of esters is 1. The van der Waals surface area contributed by atoms with Crippen molar-refractivity contribution in [1.82, 2.24) is 4.90 Å². The van der Waals surface area contributed by atoms with E-state index in [1.165, 1.54) is 11.8 Å². The number of carbonyl (C=O) groups excluding carboxylic acids is 2. The Hall–Kier alpha value is -2.95. The van der Waals surface area contributed by atoms with Gasteiger partial charge in [-0.25, -0.2) is 9.79 Å². The third kappa shape index (κ3) is 2.48. The van der Waals surface area contributed by atoms with Crippen LogP contribution in [0.2, 0.25) is 0 Å². The molecule has 1 amide bonds. The van der Waals surface area contributed by atoms with Gasteiger partial charge in [0.1, 0.15) is 0 Å². The predicted octanol–water partition coefficient (Wildman–Crippen LogP) is 2.52. The smallest absolute Gasteiger partial charge is 0.364 e. The van der Waals surface area contributed by atoms with Gasteiger partial charge in [-0.3, -0.25) is 9.69 Å². The summed E-state index contributed by atoms with van der Waals surface area (Å²) in [4.78, 5) is 29.2. The number of carbonyl (C=O) groups is 2. The van der Waals surface area contributed by atoms with Crippen molar-refractivity contribution in [3.8, 4) is 0 Å². The van der Waals surface area contributed by atoms with Gasteiger partial charge in [-0.1, -0.05) is 18.2 Å². The minimum absolute atomic E-state index is 0.0953. The number of aliphatic imine (C=N–C) groups is 1. The molecule has 0 fully saturated rings. The van der Waals surface area contributed by atoms with Gasteiger partial charge in [-0.15, -0.1) is 0 Å². The van der Waals surface area contributed by atoms with E-state index in [1.807, 2.05) is 37.3 Å². The molecule has 2 aliphatic heterocycles. The fourth-order valence-corrected chi connectivity index (χ4v) is 2.25. The molecule has 0 saturated carbocycles. The zero-order valence-electron chi connectivity index (χ0n) is 12.2. The van der Waals surface area contributed by atoms with Crippen molar-refractivity contribution in [2.24, 2.45) is 4.99 Å². The lowest BCUT2D eigenvalue weighted by molar-refractivity contribution is -0.130. The Morgan fingerprint density at radius 1 is 1.23 bits per heavy atom. The molecule has 0 spiro atoms. The van der Waals surface area contributed by atoms with Crippen LogP contribution in [0.3, 0.4) is 0 Å². The van der Waals surface area contributed by atoms with Crippen molar-refractivity contribution in [2.75, 3.05) is 0 Å². The molecule has 2 heterocycles. The number of nitrogens with zero attached hydrogens (tertiary/aromatic N) is 2. The largest absolute Gasteiger partial charge is 0.402 e. The second-order valence-corrected chi connectivity index (χ2v) is 4.99. The first-order valence-electron chi connectivity index (χ1n) is 6.83. The molecule has 110 valence electrons. The summed E-state index contributed by atoms with van der Waals surface area (Å²) >= 11 is 0. The fraction of sp³-hybridized carbons (Fsp3) is 0.118. The molecule has 0 aliphatic carbocycles. The molecule has 0 radical (unpaired) electrons. The van der Waals surface area contributed by atoms with Crippen LogP contribution in [-0.2, 0) is 14.3 Å². The summed E-state index contributed by atoms with van der Waals surface area (Å²) in [6, 6.07) is 9.25. The SMILES string of the molecule is CC(=O)N1C=C/C(=C2/N=C(c3ccccc3)OC2=O)C(C)=C1. The summed E-state index contributed by atoms with van der Waals surface area (Å²) in [5.41, 5.74) is 2.45. The Balaban J connectivity index is 2.00. The summed E-state index contributed by atoms with van der Waals surface area (Å²) < 4.78 is 5.25. The molecule has 2 aliphatic rings. The highest BCUT2D eigenvalue weighted by Gasteiger charge is 2.28. The van der Waals surface area contributed by atoms with E-state index in [9.17, 15) is 9.59 Å². The fourth-order valence-electron chi connectivity index (χ4n) is 2.25. The molecular weight excluding hydrogens is 280 g/mol. The molecule has 5 heteroatoms. The molecule has 5 nitrogen and oxygen atoms in total. The number of rotatable bonds is 1. The Morgan fingerprint density at radius 2 is 1.95 bits per heavy atom. The van der Waals surface area contributed by atoms with E-state index in [2.05, 4.69) is 4.99 Å². The minimum atomic E-state index is -0.484. The summed E-state index contributed by atoms with van der Waals surface area (Å²) in [6.07, 6.45) is 4.99. The zero-order valence-corrected chi connectivity index (χ0v) is 12.2. The number of hydrogen-bond acceptors (Lipinski definition) is 4. The van der Waals surface area contributed by atoms with Gasteiger partial charge in [0.05, 0.1) is 0 Å². The lowest BCUT2D eigenvalue weighted by Crippen LogP contribution is -2.19. The summed E-state index contributed by atoms with van der Waals surface area (Å²) in [5.74, 6) is -0.284. The monoisotopic (exact) mass is 294 g/mol. The Labute approximate surface area is 127 Å². The van der Waals surface area contributed by atoms with Crippen LogP contribution in [-0.4, -0.2) is 22.7 Å².